The third kappa shape index (κ3) is 3.95. The Morgan fingerprint density at radius 3 is 2.44 bits per heavy atom. The first-order valence-corrected chi connectivity index (χ1v) is 7.06. The van der Waals surface area contributed by atoms with Crippen molar-refractivity contribution in [1.82, 2.24) is 4.90 Å². The zero-order chi connectivity index (χ0) is 12.8. The monoisotopic (exact) mass is 245 g/mol. The van der Waals surface area contributed by atoms with Gasteiger partial charge in [-0.15, -0.1) is 0 Å². The van der Waals surface area contributed by atoms with E-state index in [-0.39, 0.29) is 0 Å². The van der Waals surface area contributed by atoms with E-state index in [1.807, 2.05) is 0 Å². The second-order valence-corrected chi connectivity index (χ2v) is 5.30. The number of hydrogen-bond acceptors (Lipinski definition) is 2. The van der Waals surface area contributed by atoms with Gasteiger partial charge in [-0.25, -0.2) is 0 Å². The SMILES string of the molecule is CCN(Cc1ccccc1)CC1CCC(=O)CC1. The number of carbonyl (C=O) groups excluding carboxylic acids is 1. The summed E-state index contributed by atoms with van der Waals surface area (Å²) in [5, 5.41) is 0. The van der Waals surface area contributed by atoms with Gasteiger partial charge in [0.25, 0.3) is 0 Å². The molecule has 2 heteroatoms. The minimum Gasteiger partial charge on any atom is -0.300 e. The van der Waals surface area contributed by atoms with E-state index in [2.05, 4.69) is 42.2 Å². The number of carbonyl (C=O) groups is 1. The van der Waals surface area contributed by atoms with Crippen molar-refractivity contribution in [2.24, 2.45) is 5.92 Å². The van der Waals surface area contributed by atoms with E-state index in [4.69, 9.17) is 0 Å². The van der Waals surface area contributed by atoms with Crippen LogP contribution in [0.4, 0.5) is 0 Å². The summed E-state index contributed by atoms with van der Waals surface area (Å²) in [7, 11) is 0. The quantitative estimate of drug-likeness (QED) is 0.793. The Morgan fingerprint density at radius 1 is 1.17 bits per heavy atom. The molecule has 98 valence electrons. The molecule has 1 saturated carbocycles. The molecule has 2 rings (SSSR count). The maximum atomic E-state index is 11.2. The molecule has 0 unspecified atom stereocenters. The molecule has 0 aliphatic heterocycles. The van der Waals surface area contributed by atoms with Crippen LogP contribution in [0.1, 0.15) is 38.2 Å². The average molecular weight is 245 g/mol. The minimum absolute atomic E-state index is 0.456. The highest BCUT2D eigenvalue weighted by Gasteiger charge is 2.20. The average Bonchev–Trinajstić information content (AvgIpc) is 2.41. The lowest BCUT2D eigenvalue weighted by molar-refractivity contribution is -0.121. The zero-order valence-corrected chi connectivity index (χ0v) is 11.3. The normalized spacial score (nSPS) is 17.3. The van der Waals surface area contributed by atoms with Crippen molar-refractivity contribution < 1.29 is 4.79 Å². The first-order chi connectivity index (χ1) is 8.78. The van der Waals surface area contributed by atoms with Crippen LogP contribution in [-0.4, -0.2) is 23.8 Å². The Bertz CT molecular complexity index is 364. The molecule has 1 aromatic carbocycles. The van der Waals surface area contributed by atoms with Crippen LogP contribution >= 0.6 is 0 Å². The van der Waals surface area contributed by atoms with Crippen LogP contribution in [0.15, 0.2) is 30.3 Å². The second-order valence-electron chi connectivity index (χ2n) is 5.30. The first-order valence-electron chi connectivity index (χ1n) is 7.06. The summed E-state index contributed by atoms with van der Waals surface area (Å²) < 4.78 is 0. The molecule has 1 aliphatic rings. The van der Waals surface area contributed by atoms with Gasteiger partial charge in [-0.3, -0.25) is 9.69 Å². The highest BCUT2D eigenvalue weighted by Crippen LogP contribution is 2.22. The molecule has 0 saturated heterocycles. The van der Waals surface area contributed by atoms with Crippen molar-refractivity contribution in [3.8, 4) is 0 Å². The van der Waals surface area contributed by atoms with Gasteiger partial charge in [0.1, 0.15) is 5.78 Å². The van der Waals surface area contributed by atoms with Crippen molar-refractivity contribution in [2.45, 2.75) is 39.2 Å². The zero-order valence-electron chi connectivity index (χ0n) is 11.3. The summed E-state index contributed by atoms with van der Waals surface area (Å²) in [6.45, 7) is 5.47. The fourth-order valence-corrected chi connectivity index (χ4v) is 2.69. The van der Waals surface area contributed by atoms with Crippen molar-refractivity contribution in [2.75, 3.05) is 13.1 Å². The number of rotatable bonds is 5. The van der Waals surface area contributed by atoms with E-state index >= 15 is 0 Å². The van der Waals surface area contributed by atoms with Crippen molar-refractivity contribution in [3.63, 3.8) is 0 Å². The molecule has 0 bridgehead atoms. The largest absolute Gasteiger partial charge is 0.300 e. The molecular formula is C16H23NO. The fourth-order valence-electron chi connectivity index (χ4n) is 2.69. The second kappa shape index (κ2) is 6.69. The molecule has 0 amide bonds. The summed E-state index contributed by atoms with van der Waals surface area (Å²) in [6, 6.07) is 10.6. The summed E-state index contributed by atoms with van der Waals surface area (Å²) in [5.74, 6) is 1.17. The Balaban J connectivity index is 1.84. The van der Waals surface area contributed by atoms with Gasteiger partial charge >= 0.3 is 0 Å². The lowest BCUT2D eigenvalue weighted by Crippen LogP contribution is -2.31. The van der Waals surface area contributed by atoms with E-state index in [0.29, 0.717) is 11.7 Å². The molecule has 2 nitrogen and oxygen atoms in total. The number of benzene rings is 1. The van der Waals surface area contributed by atoms with Gasteiger partial charge in [-0.05, 0) is 30.9 Å². The molecule has 1 aromatic rings. The molecule has 1 fully saturated rings. The van der Waals surface area contributed by atoms with Gasteiger partial charge < -0.3 is 0 Å². The highest BCUT2D eigenvalue weighted by atomic mass is 16.1. The molecular weight excluding hydrogens is 222 g/mol. The summed E-state index contributed by atoms with van der Waals surface area (Å²) in [6.07, 6.45) is 3.77. The van der Waals surface area contributed by atoms with Crippen molar-refractivity contribution >= 4 is 5.78 Å². The fraction of sp³-hybridized carbons (Fsp3) is 0.562. The van der Waals surface area contributed by atoms with E-state index in [9.17, 15) is 4.79 Å². The van der Waals surface area contributed by atoms with Gasteiger partial charge in [0.2, 0.25) is 0 Å². The number of ketones is 1. The number of hydrogen-bond donors (Lipinski definition) is 0. The lowest BCUT2D eigenvalue weighted by Gasteiger charge is -2.28. The summed E-state index contributed by atoms with van der Waals surface area (Å²) in [5.41, 5.74) is 1.38. The third-order valence-electron chi connectivity index (χ3n) is 3.88. The highest BCUT2D eigenvalue weighted by molar-refractivity contribution is 5.79. The van der Waals surface area contributed by atoms with Crippen molar-refractivity contribution in [1.29, 1.82) is 0 Å². The predicted molar refractivity (Wildman–Crippen MR) is 74.4 cm³/mol. The number of nitrogens with zero attached hydrogens (tertiary/aromatic N) is 1. The molecule has 18 heavy (non-hydrogen) atoms. The maximum absolute atomic E-state index is 11.2. The van der Waals surface area contributed by atoms with E-state index in [1.54, 1.807) is 0 Å². The molecule has 1 aliphatic carbocycles. The Hall–Kier alpha value is -1.15. The Labute approximate surface area is 110 Å². The smallest absolute Gasteiger partial charge is 0.132 e. The molecule has 0 spiro atoms. The van der Waals surface area contributed by atoms with Gasteiger partial charge in [-0.1, -0.05) is 37.3 Å². The molecule has 0 atom stereocenters. The first kappa shape index (κ1) is 13.3. The Kier molecular flexibility index (Phi) is 4.94. The maximum Gasteiger partial charge on any atom is 0.132 e. The van der Waals surface area contributed by atoms with Gasteiger partial charge in [0.05, 0.1) is 0 Å². The van der Waals surface area contributed by atoms with Crippen LogP contribution in [0.25, 0.3) is 0 Å². The summed E-state index contributed by atoms with van der Waals surface area (Å²) >= 11 is 0. The summed E-state index contributed by atoms with van der Waals surface area (Å²) in [4.78, 5) is 13.7. The third-order valence-corrected chi connectivity index (χ3v) is 3.88. The lowest BCUT2D eigenvalue weighted by atomic mass is 9.88. The molecule has 0 radical (unpaired) electrons. The van der Waals surface area contributed by atoms with Crippen LogP contribution in [-0.2, 0) is 11.3 Å². The van der Waals surface area contributed by atoms with Crippen LogP contribution in [0, 0.1) is 5.92 Å². The molecule has 0 aromatic heterocycles. The molecule has 0 heterocycles. The van der Waals surface area contributed by atoms with E-state index in [0.717, 1.165) is 45.3 Å². The predicted octanol–water partition coefficient (Wildman–Crippen LogP) is 3.27. The van der Waals surface area contributed by atoms with Gasteiger partial charge in [0.15, 0.2) is 0 Å². The standard InChI is InChI=1S/C16H23NO/c1-2-17(12-14-6-4-3-5-7-14)13-15-8-10-16(18)11-9-15/h3-7,15H,2,8-13H2,1H3. The number of Topliss-reactive ketones (excluding diaryl/α,β-unsaturated/α-hetero) is 1. The van der Waals surface area contributed by atoms with Gasteiger partial charge in [-0.2, -0.15) is 0 Å². The topological polar surface area (TPSA) is 20.3 Å². The van der Waals surface area contributed by atoms with Crippen LogP contribution in [0.3, 0.4) is 0 Å². The minimum atomic E-state index is 0.456. The van der Waals surface area contributed by atoms with Crippen molar-refractivity contribution in [3.05, 3.63) is 35.9 Å². The van der Waals surface area contributed by atoms with Gasteiger partial charge in [0, 0.05) is 25.9 Å². The Morgan fingerprint density at radius 2 is 1.83 bits per heavy atom. The van der Waals surface area contributed by atoms with E-state index < -0.39 is 0 Å². The van der Waals surface area contributed by atoms with Crippen LogP contribution < -0.4 is 0 Å². The van der Waals surface area contributed by atoms with E-state index in [1.165, 1.54) is 5.56 Å². The molecule has 0 N–H and O–H groups in total. The van der Waals surface area contributed by atoms with Crippen LogP contribution in [0.2, 0.25) is 0 Å². The van der Waals surface area contributed by atoms with Crippen LogP contribution in [0.5, 0.6) is 0 Å².